The molecule has 3 aromatic rings. The zero-order valence-corrected chi connectivity index (χ0v) is 26.7. The number of benzene rings is 2. The second-order valence-corrected chi connectivity index (χ2v) is 17.8. The number of fused-ring (bicyclic) bond motifs is 1. The maximum Gasteiger partial charge on any atom is 0.514 e. The molecule has 0 saturated carbocycles. The molecule has 0 bridgehead atoms. The Bertz CT molecular complexity index is 1480. The molecule has 0 radical (unpaired) electrons. The molecule has 2 aromatic carbocycles. The highest BCUT2D eigenvalue weighted by atomic mass is 28.4. The van der Waals surface area contributed by atoms with Gasteiger partial charge in [-0.25, -0.2) is 14.2 Å². The van der Waals surface area contributed by atoms with Crippen LogP contribution in [0.3, 0.4) is 0 Å². The Labute approximate surface area is 250 Å². The van der Waals surface area contributed by atoms with Crippen LogP contribution in [0.15, 0.2) is 47.1 Å². The van der Waals surface area contributed by atoms with Gasteiger partial charge in [0.05, 0.1) is 17.5 Å². The zero-order valence-electron chi connectivity index (χ0n) is 25.7. The number of likely N-dealkylation sites (tertiary alicyclic amines) is 1. The number of aromatic nitrogens is 2. The first-order valence-electron chi connectivity index (χ1n) is 13.9. The Hall–Kier alpha value is -4.04. The predicted molar refractivity (Wildman–Crippen MR) is 158 cm³/mol. The van der Waals surface area contributed by atoms with Crippen LogP contribution in [0.2, 0.25) is 18.1 Å². The highest BCUT2D eigenvalue weighted by Crippen LogP contribution is 2.40. The average Bonchev–Trinajstić information content (AvgIpc) is 3.47. The number of carbonyl (C=O) groups is 2. The zero-order chi connectivity index (χ0) is 31.7. The lowest BCUT2D eigenvalue weighted by Gasteiger charge is -2.39. The fourth-order valence-corrected chi connectivity index (χ4v) is 5.81. The normalized spacial score (nSPS) is 19.3. The minimum atomic E-state index is -2.42. The Kier molecular flexibility index (Phi) is 8.84. The van der Waals surface area contributed by atoms with E-state index >= 15 is 0 Å². The number of hydrogen-bond acceptors (Lipinski definition) is 11. The first kappa shape index (κ1) is 31.9. The molecule has 4 rings (SSSR count). The summed E-state index contributed by atoms with van der Waals surface area (Å²) in [6.07, 6.45) is -2.94. The fourth-order valence-electron chi connectivity index (χ4n) is 4.49. The Morgan fingerprint density at radius 2 is 1.70 bits per heavy atom. The van der Waals surface area contributed by atoms with Crippen LogP contribution in [0.4, 0.5) is 15.3 Å². The highest BCUT2D eigenvalue weighted by molar-refractivity contribution is 6.74. The summed E-state index contributed by atoms with van der Waals surface area (Å²) in [6, 6.07) is 9.78. The van der Waals surface area contributed by atoms with Crippen molar-refractivity contribution in [1.29, 1.82) is 0 Å². The molecule has 1 aliphatic rings. The largest absolute Gasteiger partial charge is 0.514 e. The molecular formula is C29H38N4O9Si. The summed E-state index contributed by atoms with van der Waals surface area (Å²) in [6.45, 7) is 15.9. The van der Waals surface area contributed by atoms with Gasteiger partial charge in [0.25, 0.3) is 5.69 Å². The standard InChI is InChI=1S/C29H38N4O9Si/c1-28(2,3)40-26(34)32-17-24(41-43(7,8)29(4,5)6)25(23(32)16-18-9-14-21-22(15-18)31-42-30-21)39-27(35)38-20-12-10-19(11-13-20)33(36)37/h9-15,23-25H,16-17H2,1-8H3/t23-,24+,25+/m1/s1. The summed E-state index contributed by atoms with van der Waals surface area (Å²) >= 11 is 0. The van der Waals surface area contributed by atoms with Gasteiger partial charge in [-0.3, -0.25) is 15.0 Å². The minimum absolute atomic E-state index is 0.0694. The van der Waals surface area contributed by atoms with E-state index < -0.39 is 49.3 Å². The van der Waals surface area contributed by atoms with Gasteiger partial charge in [0.2, 0.25) is 0 Å². The van der Waals surface area contributed by atoms with Crippen molar-refractivity contribution < 1.29 is 37.8 Å². The van der Waals surface area contributed by atoms with Crippen LogP contribution in [0.25, 0.3) is 11.0 Å². The van der Waals surface area contributed by atoms with Crippen LogP contribution in [0, 0.1) is 10.1 Å². The Balaban J connectivity index is 1.68. The van der Waals surface area contributed by atoms with Gasteiger partial charge < -0.3 is 18.6 Å². The second-order valence-electron chi connectivity index (χ2n) is 13.1. The molecule has 1 fully saturated rings. The Morgan fingerprint density at radius 3 is 2.30 bits per heavy atom. The van der Waals surface area contributed by atoms with Crippen molar-refractivity contribution in [3.05, 3.63) is 58.1 Å². The number of carbonyl (C=O) groups excluding carboxylic acids is 2. The topological polar surface area (TPSA) is 156 Å². The monoisotopic (exact) mass is 614 g/mol. The van der Waals surface area contributed by atoms with Gasteiger partial charge in [-0.1, -0.05) is 26.8 Å². The molecule has 0 unspecified atom stereocenters. The molecule has 1 amide bonds. The van der Waals surface area contributed by atoms with Crippen LogP contribution >= 0.6 is 0 Å². The summed E-state index contributed by atoms with van der Waals surface area (Å²) in [5.41, 5.74) is 1.01. The molecule has 0 spiro atoms. The molecule has 1 aliphatic heterocycles. The molecule has 3 atom stereocenters. The highest BCUT2D eigenvalue weighted by Gasteiger charge is 2.52. The van der Waals surface area contributed by atoms with Crippen molar-refractivity contribution in [3.63, 3.8) is 0 Å². The molecular weight excluding hydrogens is 576 g/mol. The number of non-ortho nitro benzene ring substituents is 1. The van der Waals surface area contributed by atoms with Crippen LogP contribution in [-0.2, 0) is 20.3 Å². The molecule has 232 valence electrons. The van der Waals surface area contributed by atoms with Gasteiger partial charge in [0.1, 0.15) is 28.5 Å². The van der Waals surface area contributed by atoms with Crippen LogP contribution in [0.5, 0.6) is 5.75 Å². The molecule has 13 nitrogen and oxygen atoms in total. The number of rotatable bonds is 7. The lowest BCUT2D eigenvalue weighted by Crippen LogP contribution is -2.49. The summed E-state index contributed by atoms with van der Waals surface area (Å²) in [7, 11) is -2.42. The first-order chi connectivity index (χ1) is 19.9. The van der Waals surface area contributed by atoms with Crippen molar-refractivity contribution in [2.24, 2.45) is 0 Å². The van der Waals surface area contributed by atoms with Crippen molar-refractivity contribution in [3.8, 4) is 5.75 Å². The first-order valence-corrected chi connectivity index (χ1v) is 16.9. The molecule has 0 N–H and O–H groups in total. The van der Waals surface area contributed by atoms with Crippen molar-refractivity contribution >= 4 is 37.3 Å². The van der Waals surface area contributed by atoms with Gasteiger partial charge >= 0.3 is 12.2 Å². The van der Waals surface area contributed by atoms with E-state index in [1.54, 1.807) is 32.9 Å². The van der Waals surface area contributed by atoms with Gasteiger partial charge in [-0.2, -0.15) is 0 Å². The summed E-state index contributed by atoms with van der Waals surface area (Å²) in [4.78, 5) is 38.7. The SMILES string of the molecule is CC(C)(C)OC(=O)N1C[C@H](O[Si](C)(C)C(C)(C)C)[C@@H](OC(=O)Oc2ccc([N+](=O)[O-])cc2)[C@H]1Cc1ccc2nonc2c1. The average molecular weight is 615 g/mol. The van der Waals surface area contributed by atoms with Crippen LogP contribution in [-0.4, -0.2) is 71.1 Å². The number of amides is 1. The predicted octanol–water partition coefficient (Wildman–Crippen LogP) is 6.27. The summed E-state index contributed by atoms with van der Waals surface area (Å²) in [5, 5.41) is 18.6. The van der Waals surface area contributed by atoms with Gasteiger partial charge in [-0.15, -0.1) is 0 Å². The van der Waals surface area contributed by atoms with Gasteiger partial charge in [0, 0.05) is 12.1 Å². The second kappa shape index (κ2) is 11.9. The van der Waals surface area contributed by atoms with E-state index in [0.717, 1.165) is 5.56 Å². The third-order valence-corrected chi connectivity index (χ3v) is 12.2. The molecule has 43 heavy (non-hydrogen) atoms. The quantitative estimate of drug-likeness (QED) is 0.0971. The van der Waals surface area contributed by atoms with E-state index in [0.29, 0.717) is 11.0 Å². The summed E-state index contributed by atoms with van der Waals surface area (Å²) < 4.78 is 28.7. The fraction of sp³-hybridized carbons (Fsp3) is 0.517. The Morgan fingerprint density at radius 1 is 1.05 bits per heavy atom. The minimum Gasteiger partial charge on any atom is -0.444 e. The third kappa shape index (κ3) is 7.68. The lowest BCUT2D eigenvalue weighted by molar-refractivity contribution is -0.384. The smallest absolute Gasteiger partial charge is 0.444 e. The van der Waals surface area contributed by atoms with Crippen molar-refractivity contribution in [2.45, 2.75) is 89.9 Å². The number of hydrogen-bond donors (Lipinski definition) is 0. The summed E-state index contributed by atoms with van der Waals surface area (Å²) in [5.74, 6) is 0.0694. The van der Waals surface area contributed by atoms with Gasteiger partial charge in [-0.05, 0) is 85.5 Å². The molecule has 0 aliphatic carbocycles. The van der Waals surface area contributed by atoms with E-state index in [4.69, 9.17) is 23.3 Å². The maximum atomic E-state index is 13.5. The number of nitrogens with zero attached hydrogens (tertiary/aromatic N) is 4. The molecule has 1 saturated heterocycles. The molecule has 14 heteroatoms. The number of ether oxygens (including phenoxy) is 3. The van der Waals surface area contributed by atoms with E-state index in [1.165, 1.54) is 29.2 Å². The number of nitro benzene ring substituents is 1. The van der Waals surface area contributed by atoms with Crippen molar-refractivity contribution in [1.82, 2.24) is 15.2 Å². The number of nitro groups is 1. The van der Waals surface area contributed by atoms with Crippen LogP contribution in [0.1, 0.15) is 47.1 Å². The molecule has 1 aromatic heterocycles. The third-order valence-electron chi connectivity index (χ3n) is 7.65. The maximum absolute atomic E-state index is 13.5. The van der Waals surface area contributed by atoms with E-state index in [2.05, 4.69) is 44.2 Å². The molecule has 2 heterocycles. The van der Waals surface area contributed by atoms with E-state index in [-0.39, 0.29) is 29.4 Å². The van der Waals surface area contributed by atoms with Gasteiger partial charge in [0.15, 0.2) is 14.4 Å². The van der Waals surface area contributed by atoms with Crippen LogP contribution < -0.4 is 4.74 Å². The van der Waals surface area contributed by atoms with E-state index in [1.807, 2.05) is 6.07 Å². The lowest BCUT2D eigenvalue weighted by atomic mass is 10.0. The van der Waals surface area contributed by atoms with Crippen molar-refractivity contribution in [2.75, 3.05) is 6.54 Å². The van der Waals surface area contributed by atoms with E-state index in [9.17, 15) is 19.7 Å².